The van der Waals surface area contributed by atoms with Gasteiger partial charge in [-0.25, -0.2) is 4.79 Å². The third-order valence-corrected chi connectivity index (χ3v) is 4.44. The largest absolute Gasteiger partial charge is 0.482 e. The molecule has 1 fully saturated rings. The first kappa shape index (κ1) is 18.3. The van der Waals surface area contributed by atoms with Gasteiger partial charge in [0.15, 0.2) is 13.2 Å². The minimum atomic E-state index is -0.534. The summed E-state index contributed by atoms with van der Waals surface area (Å²) < 4.78 is 10.5. The van der Waals surface area contributed by atoms with Gasteiger partial charge in [0.25, 0.3) is 5.91 Å². The summed E-state index contributed by atoms with van der Waals surface area (Å²) in [6.07, 6.45) is 5.09. The van der Waals surface area contributed by atoms with E-state index in [9.17, 15) is 9.59 Å². The number of carbonyl (C=O) groups is 2. The number of nitrogens with one attached hydrogen (secondary N) is 1. The van der Waals surface area contributed by atoms with Crippen molar-refractivity contribution in [2.75, 3.05) is 13.2 Å². The second-order valence-electron chi connectivity index (χ2n) is 6.43. The second kappa shape index (κ2) is 9.30. The molecule has 0 atom stereocenters. The van der Waals surface area contributed by atoms with Crippen molar-refractivity contribution >= 4 is 11.9 Å². The maximum Gasteiger partial charge on any atom is 0.344 e. The first-order valence-electron chi connectivity index (χ1n) is 8.74. The maximum absolute atomic E-state index is 11.8. The molecule has 5 nitrogen and oxygen atoms in total. The molecule has 0 unspecified atom stereocenters. The molecule has 1 aliphatic carbocycles. The van der Waals surface area contributed by atoms with Gasteiger partial charge in [0.1, 0.15) is 5.75 Å². The number of esters is 1. The predicted octanol–water partition coefficient (Wildman–Crippen LogP) is 2.87. The molecule has 1 aromatic rings. The fourth-order valence-corrected chi connectivity index (χ4v) is 2.93. The van der Waals surface area contributed by atoms with Crippen molar-refractivity contribution in [1.82, 2.24) is 5.32 Å². The molecular weight excluding hydrogens is 306 g/mol. The van der Waals surface area contributed by atoms with Gasteiger partial charge in [-0.3, -0.25) is 4.79 Å². The monoisotopic (exact) mass is 333 g/mol. The van der Waals surface area contributed by atoms with E-state index in [0.717, 1.165) is 43.6 Å². The lowest BCUT2D eigenvalue weighted by atomic mass is 9.87. The van der Waals surface area contributed by atoms with E-state index in [0.29, 0.717) is 5.75 Å². The highest BCUT2D eigenvalue weighted by Gasteiger charge is 2.20. The number of hydrogen-bond acceptors (Lipinski definition) is 4. The number of benzene rings is 1. The molecule has 132 valence electrons. The van der Waals surface area contributed by atoms with E-state index >= 15 is 0 Å². The minimum absolute atomic E-state index is 0.189. The molecular formula is C19H27NO4. The number of aryl methyl sites for hydroxylation is 1. The van der Waals surface area contributed by atoms with E-state index in [2.05, 4.69) is 12.2 Å². The van der Waals surface area contributed by atoms with E-state index in [1.165, 1.54) is 0 Å². The van der Waals surface area contributed by atoms with Crippen molar-refractivity contribution in [2.24, 2.45) is 5.92 Å². The molecule has 1 saturated carbocycles. The van der Waals surface area contributed by atoms with Crippen LogP contribution in [0.15, 0.2) is 24.3 Å². The number of hydrogen-bond donors (Lipinski definition) is 1. The summed E-state index contributed by atoms with van der Waals surface area (Å²) in [5.41, 5.74) is 1.04. The van der Waals surface area contributed by atoms with Crippen LogP contribution >= 0.6 is 0 Å². The second-order valence-corrected chi connectivity index (χ2v) is 6.43. The van der Waals surface area contributed by atoms with Gasteiger partial charge in [0.2, 0.25) is 0 Å². The molecule has 0 radical (unpaired) electrons. The first-order chi connectivity index (χ1) is 11.6. The number of para-hydroxylation sites is 1. The summed E-state index contributed by atoms with van der Waals surface area (Å²) >= 11 is 0. The van der Waals surface area contributed by atoms with Gasteiger partial charge in [-0.15, -0.1) is 0 Å². The Balaban J connectivity index is 1.66. The molecule has 0 saturated heterocycles. The van der Waals surface area contributed by atoms with Crippen LogP contribution < -0.4 is 10.1 Å². The Hall–Kier alpha value is -2.04. The zero-order chi connectivity index (χ0) is 17.4. The van der Waals surface area contributed by atoms with Crippen LogP contribution in [-0.4, -0.2) is 31.1 Å². The summed E-state index contributed by atoms with van der Waals surface area (Å²) in [6, 6.07) is 7.78. The van der Waals surface area contributed by atoms with Gasteiger partial charge in [-0.2, -0.15) is 0 Å². The Labute approximate surface area is 143 Å². The van der Waals surface area contributed by atoms with Crippen molar-refractivity contribution in [3.05, 3.63) is 29.8 Å². The first-order valence-corrected chi connectivity index (χ1v) is 8.74. The molecule has 0 heterocycles. The Morgan fingerprint density at radius 2 is 1.83 bits per heavy atom. The van der Waals surface area contributed by atoms with Gasteiger partial charge in [0, 0.05) is 6.04 Å². The molecule has 24 heavy (non-hydrogen) atoms. The summed E-state index contributed by atoms with van der Waals surface area (Å²) in [4.78, 5) is 23.6. The van der Waals surface area contributed by atoms with Crippen molar-refractivity contribution in [3.63, 3.8) is 0 Å². The van der Waals surface area contributed by atoms with E-state index in [1.54, 1.807) is 0 Å². The molecule has 0 bridgehead atoms. The van der Waals surface area contributed by atoms with Crippen molar-refractivity contribution in [1.29, 1.82) is 0 Å². The topological polar surface area (TPSA) is 64.6 Å². The van der Waals surface area contributed by atoms with E-state index in [-0.39, 0.29) is 25.2 Å². The maximum atomic E-state index is 11.8. The van der Waals surface area contributed by atoms with Gasteiger partial charge < -0.3 is 14.8 Å². The Bertz CT molecular complexity index is 550. The lowest BCUT2D eigenvalue weighted by molar-refractivity contribution is -0.150. The Morgan fingerprint density at radius 3 is 2.54 bits per heavy atom. The molecule has 0 aliphatic heterocycles. The van der Waals surface area contributed by atoms with Crippen LogP contribution in [0.2, 0.25) is 0 Å². The summed E-state index contributed by atoms with van der Waals surface area (Å²) in [5.74, 6) is 0.641. The van der Waals surface area contributed by atoms with Crippen molar-refractivity contribution in [3.8, 4) is 5.75 Å². The zero-order valence-corrected chi connectivity index (χ0v) is 14.5. The third-order valence-electron chi connectivity index (χ3n) is 4.44. The van der Waals surface area contributed by atoms with Crippen LogP contribution in [-0.2, 0) is 20.7 Å². The quantitative estimate of drug-likeness (QED) is 0.779. The van der Waals surface area contributed by atoms with Crippen LogP contribution in [0.4, 0.5) is 0 Å². The van der Waals surface area contributed by atoms with Crippen molar-refractivity contribution in [2.45, 2.75) is 52.0 Å². The highest BCUT2D eigenvalue weighted by molar-refractivity contribution is 5.81. The molecule has 5 heteroatoms. The summed E-state index contributed by atoms with van der Waals surface area (Å²) in [5, 5.41) is 2.93. The summed E-state index contributed by atoms with van der Waals surface area (Å²) in [6.45, 7) is 3.82. The Kier molecular flexibility index (Phi) is 7.09. The van der Waals surface area contributed by atoms with E-state index < -0.39 is 5.97 Å². The van der Waals surface area contributed by atoms with Crippen LogP contribution in [0.1, 0.15) is 45.1 Å². The van der Waals surface area contributed by atoms with Crippen LogP contribution in [0, 0.1) is 5.92 Å². The van der Waals surface area contributed by atoms with E-state index in [4.69, 9.17) is 9.47 Å². The lowest BCUT2D eigenvalue weighted by Crippen LogP contribution is -2.39. The zero-order valence-electron chi connectivity index (χ0n) is 14.5. The molecule has 2 rings (SSSR count). The van der Waals surface area contributed by atoms with Crippen LogP contribution in [0.25, 0.3) is 0 Å². The fraction of sp³-hybridized carbons (Fsp3) is 0.579. The molecule has 1 aliphatic rings. The SMILES string of the molecule is CCc1ccccc1OCC(=O)OCC(=O)NC1CCC(C)CC1. The highest BCUT2D eigenvalue weighted by atomic mass is 16.6. The molecule has 1 N–H and O–H groups in total. The van der Waals surface area contributed by atoms with Crippen molar-refractivity contribution < 1.29 is 19.1 Å². The number of ether oxygens (including phenoxy) is 2. The Morgan fingerprint density at radius 1 is 1.12 bits per heavy atom. The van der Waals surface area contributed by atoms with Crippen LogP contribution in [0.5, 0.6) is 5.75 Å². The van der Waals surface area contributed by atoms with Crippen LogP contribution in [0.3, 0.4) is 0 Å². The molecule has 0 aromatic heterocycles. The summed E-state index contributed by atoms with van der Waals surface area (Å²) in [7, 11) is 0. The standard InChI is InChI=1S/C19H27NO4/c1-3-15-6-4-5-7-17(15)23-13-19(22)24-12-18(21)20-16-10-8-14(2)9-11-16/h4-7,14,16H,3,8-13H2,1-2H3,(H,20,21). The average Bonchev–Trinajstić information content (AvgIpc) is 2.60. The molecule has 1 aromatic carbocycles. The van der Waals surface area contributed by atoms with E-state index in [1.807, 2.05) is 31.2 Å². The molecule has 1 amide bonds. The third kappa shape index (κ3) is 5.87. The lowest BCUT2D eigenvalue weighted by Gasteiger charge is -2.26. The predicted molar refractivity (Wildman–Crippen MR) is 91.8 cm³/mol. The normalized spacial score (nSPS) is 20.2. The average molecular weight is 333 g/mol. The number of carbonyl (C=O) groups excluding carboxylic acids is 2. The fourth-order valence-electron chi connectivity index (χ4n) is 2.93. The minimum Gasteiger partial charge on any atom is -0.482 e. The number of amides is 1. The van der Waals surface area contributed by atoms with Gasteiger partial charge >= 0.3 is 5.97 Å². The number of rotatable bonds is 7. The van der Waals surface area contributed by atoms with Gasteiger partial charge in [-0.05, 0) is 49.7 Å². The highest BCUT2D eigenvalue weighted by Crippen LogP contribution is 2.23. The molecule has 0 spiro atoms. The van der Waals surface area contributed by atoms with Gasteiger partial charge in [0.05, 0.1) is 0 Å². The smallest absolute Gasteiger partial charge is 0.344 e. The van der Waals surface area contributed by atoms with Gasteiger partial charge in [-0.1, -0.05) is 32.0 Å².